The highest BCUT2D eigenvalue weighted by Crippen LogP contribution is 2.11. The predicted octanol–water partition coefficient (Wildman–Crippen LogP) is 5.38. The molecule has 0 aliphatic carbocycles. The van der Waals surface area contributed by atoms with Gasteiger partial charge in [-0.05, 0) is 36.2 Å². The SMILES string of the molecule is CC.CC.CC.CC.CNC(=O)NS(=O)(=O)c1ccc(CCNC(=O)c2ccccc2)cc1. The molecule has 0 atom stereocenters. The summed E-state index contributed by atoms with van der Waals surface area (Å²) < 4.78 is 25.8. The number of carbonyl (C=O) groups excluding carboxylic acids is 2. The summed E-state index contributed by atoms with van der Waals surface area (Å²) in [5.74, 6) is -0.158. The summed E-state index contributed by atoms with van der Waals surface area (Å²) in [5, 5.41) is 4.99. The number of amides is 3. The molecule has 188 valence electrons. The van der Waals surface area contributed by atoms with Crippen molar-refractivity contribution in [1.29, 1.82) is 0 Å². The van der Waals surface area contributed by atoms with Crippen LogP contribution < -0.4 is 15.4 Å². The van der Waals surface area contributed by atoms with Gasteiger partial charge in [0.25, 0.3) is 15.9 Å². The smallest absolute Gasteiger partial charge is 0.328 e. The molecule has 0 fully saturated rings. The third-order valence-electron chi connectivity index (χ3n) is 3.42. The maximum Gasteiger partial charge on any atom is 0.328 e. The van der Waals surface area contributed by atoms with Crippen molar-refractivity contribution >= 4 is 22.0 Å². The summed E-state index contributed by atoms with van der Waals surface area (Å²) in [7, 11) is -2.56. The van der Waals surface area contributed by atoms with E-state index in [0.717, 1.165) is 5.56 Å². The quantitative estimate of drug-likeness (QED) is 0.515. The van der Waals surface area contributed by atoms with Crippen LogP contribution in [0.3, 0.4) is 0 Å². The monoisotopic (exact) mass is 481 g/mol. The summed E-state index contributed by atoms with van der Waals surface area (Å²) in [4.78, 5) is 23.1. The largest absolute Gasteiger partial charge is 0.352 e. The van der Waals surface area contributed by atoms with Gasteiger partial charge in [0.2, 0.25) is 0 Å². The maximum absolute atomic E-state index is 11.9. The van der Waals surface area contributed by atoms with E-state index in [1.165, 1.54) is 19.2 Å². The zero-order valence-electron chi connectivity index (χ0n) is 21.7. The Labute approximate surface area is 201 Å². The summed E-state index contributed by atoms with van der Waals surface area (Å²) in [6, 6.07) is 14.2. The second kappa shape index (κ2) is 22.3. The molecule has 0 aliphatic heterocycles. The van der Waals surface area contributed by atoms with Crippen molar-refractivity contribution in [2.24, 2.45) is 0 Å². The number of sulfonamides is 1. The fraction of sp³-hybridized carbons (Fsp3) is 0.440. The first kappa shape index (κ1) is 34.7. The number of carbonyl (C=O) groups is 2. The zero-order valence-corrected chi connectivity index (χ0v) is 22.5. The molecular formula is C25H43N3O4S. The molecule has 0 aromatic heterocycles. The molecule has 2 rings (SSSR count). The molecule has 0 aliphatic rings. The molecule has 8 heteroatoms. The van der Waals surface area contributed by atoms with Gasteiger partial charge >= 0.3 is 6.03 Å². The normalized spacial score (nSPS) is 8.88. The minimum absolute atomic E-state index is 0.00632. The van der Waals surface area contributed by atoms with Crippen molar-refractivity contribution in [3.8, 4) is 0 Å². The van der Waals surface area contributed by atoms with Crippen LogP contribution in [0, 0.1) is 0 Å². The van der Waals surface area contributed by atoms with Gasteiger partial charge in [-0.15, -0.1) is 0 Å². The summed E-state index contributed by atoms with van der Waals surface area (Å²) in [6.45, 7) is 16.4. The number of rotatable bonds is 6. The molecule has 0 bridgehead atoms. The van der Waals surface area contributed by atoms with Crippen LogP contribution in [-0.2, 0) is 16.4 Å². The Balaban J connectivity index is -0.00000101. The van der Waals surface area contributed by atoms with Crippen LogP contribution in [0.1, 0.15) is 71.3 Å². The van der Waals surface area contributed by atoms with Crippen LogP contribution in [0.15, 0.2) is 59.5 Å². The molecule has 2 aromatic rings. The molecule has 0 saturated carbocycles. The summed E-state index contributed by atoms with van der Waals surface area (Å²) in [5.41, 5.74) is 1.46. The van der Waals surface area contributed by atoms with E-state index in [1.54, 1.807) is 36.4 Å². The van der Waals surface area contributed by atoms with Crippen LogP contribution in [-0.4, -0.2) is 33.9 Å². The highest BCUT2D eigenvalue weighted by atomic mass is 32.2. The Kier molecular flexibility index (Phi) is 23.5. The number of benzene rings is 2. The highest BCUT2D eigenvalue weighted by molar-refractivity contribution is 7.90. The van der Waals surface area contributed by atoms with Gasteiger partial charge in [0.05, 0.1) is 4.90 Å². The summed E-state index contributed by atoms with van der Waals surface area (Å²) in [6.07, 6.45) is 0.557. The predicted molar refractivity (Wildman–Crippen MR) is 139 cm³/mol. The lowest BCUT2D eigenvalue weighted by atomic mass is 10.1. The average molecular weight is 482 g/mol. The Morgan fingerprint density at radius 2 is 1.24 bits per heavy atom. The fourth-order valence-corrected chi connectivity index (χ4v) is 3.04. The Morgan fingerprint density at radius 1 is 0.758 bits per heavy atom. The van der Waals surface area contributed by atoms with Gasteiger partial charge in [-0.25, -0.2) is 17.9 Å². The van der Waals surface area contributed by atoms with Gasteiger partial charge in [-0.1, -0.05) is 85.7 Å². The first-order valence-corrected chi connectivity index (χ1v) is 13.1. The van der Waals surface area contributed by atoms with Gasteiger partial charge in [-0.2, -0.15) is 0 Å². The van der Waals surface area contributed by atoms with Crippen LogP contribution in [0.5, 0.6) is 0 Å². The first-order chi connectivity index (χ1) is 15.9. The van der Waals surface area contributed by atoms with Crippen molar-refractivity contribution in [3.05, 3.63) is 65.7 Å². The number of hydrogen-bond acceptors (Lipinski definition) is 4. The van der Waals surface area contributed by atoms with Crippen LogP contribution in [0.4, 0.5) is 4.79 Å². The topological polar surface area (TPSA) is 104 Å². The molecule has 3 amide bonds. The second-order valence-electron chi connectivity index (χ2n) is 5.20. The van der Waals surface area contributed by atoms with Crippen LogP contribution in [0.25, 0.3) is 0 Å². The lowest BCUT2D eigenvalue weighted by Crippen LogP contribution is -2.37. The highest BCUT2D eigenvalue weighted by Gasteiger charge is 2.16. The molecule has 0 heterocycles. The van der Waals surface area contributed by atoms with E-state index in [1.807, 2.05) is 66.2 Å². The molecule has 0 radical (unpaired) electrons. The maximum atomic E-state index is 11.9. The van der Waals surface area contributed by atoms with Crippen molar-refractivity contribution < 1.29 is 18.0 Å². The average Bonchev–Trinajstić information content (AvgIpc) is 2.89. The summed E-state index contributed by atoms with van der Waals surface area (Å²) >= 11 is 0. The molecule has 0 unspecified atom stereocenters. The molecule has 7 nitrogen and oxygen atoms in total. The van der Waals surface area contributed by atoms with Gasteiger partial charge in [-0.3, -0.25) is 4.79 Å². The third-order valence-corrected chi connectivity index (χ3v) is 4.77. The molecule has 33 heavy (non-hydrogen) atoms. The minimum Gasteiger partial charge on any atom is -0.352 e. The molecule has 3 N–H and O–H groups in total. The van der Waals surface area contributed by atoms with Crippen molar-refractivity contribution in [1.82, 2.24) is 15.4 Å². The van der Waals surface area contributed by atoms with Crippen molar-refractivity contribution in [3.63, 3.8) is 0 Å². The van der Waals surface area contributed by atoms with E-state index in [-0.39, 0.29) is 10.8 Å². The van der Waals surface area contributed by atoms with E-state index in [9.17, 15) is 18.0 Å². The zero-order chi connectivity index (χ0) is 26.3. The minimum atomic E-state index is -3.89. The molecule has 0 spiro atoms. The third kappa shape index (κ3) is 14.7. The molecule has 2 aromatic carbocycles. The standard InChI is InChI=1S/C17H19N3O4S.4C2H6/c1-18-17(22)20-25(23,24)15-9-7-13(8-10-15)11-12-19-16(21)14-5-3-2-4-6-14;4*1-2/h2-10H,11-12H2,1H3,(H,19,21)(H2,18,20,22);4*1-2H3. The number of urea groups is 1. The Hall–Kier alpha value is -2.87. The lowest BCUT2D eigenvalue weighted by Gasteiger charge is -2.08. The van der Waals surface area contributed by atoms with Crippen LogP contribution >= 0.6 is 0 Å². The van der Waals surface area contributed by atoms with E-state index < -0.39 is 16.1 Å². The van der Waals surface area contributed by atoms with Crippen molar-refractivity contribution in [2.75, 3.05) is 13.6 Å². The fourth-order valence-electron chi connectivity index (χ4n) is 2.08. The van der Waals surface area contributed by atoms with E-state index in [0.29, 0.717) is 18.5 Å². The van der Waals surface area contributed by atoms with Gasteiger partial charge in [0.1, 0.15) is 0 Å². The van der Waals surface area contributed by atoms with Crippen LogP contribution in [0.2, 0.25) is 0 Å². The number of hydrogen-bond donors (Lipinski definition) is 3. The first-order valence-electron chi connectivity index (χ1n) is 11.6. The van der Waals surface area contributed by atoms with Crippen molar-refractivity contribution in [2.45, 2.75) is 66.7 Å². The van der Waals surface area contributed by atoms with E-state index in [2.05, 4.69) is 10.6 Å². The lowest BCUT2D eigenvalue weighted by molar-refractivity contribution is 0.0954. The molecule has 0 saturated heterocycles. The van der Waals surface area contributed by atoms with E-state index in [4.69, 9.17) is 0 Å². The Morgan fingerprint density at radius 3 is 1.70 bits per heavy atom. The number of nitrogens with one attached hydrogen (secondary N) is 3. The molecular weight excluding hydrogens is 438 g/mol. The van der Waals surface area contributed by atoms with Gasteiger partial charge in [0, 0.05) is 19.2 Å². The van der Waals surface area contributed by atoms with Gasteiger partial charge < -0.3 is 10.6 Å². The van der Waals surface area contributed by atoms with Gasteiger partial charge in [0.15, 0.2) is 0 Å². The second-order valence-corrected chi connectivity index (χ2v) is 6.88. The van der Waals surface area contributed by atoms with E-state index >= 15 is 0 Å². The Bertz CT molecular complexity index is 838.